The van der Waals surface area contributed by atoms with Gasteiger partial charge in [0, 0.05) is 22.8 Å². The fraction of sp³-hybridized carbons (Fsp3) is 0.320. The van der Waals surface area contributed by atoms with Crippen molar-refractivity contribution < 1.29 is 9.59 Å². The Morgan fingerprint density at radius 2 is 1.88 bits per heavy atom. The van der Waals surface area contributed by atoms with Crippen LogP contribution in [0.25, 0.3) is 6.08 Å². The monoisotopic (exact) mass is 467 g/mol. The molecular weight excluding hydrogens is 442 g/mol. The van der Waals surface area contributed by atoms with Crippen LogP contribution >= 0.6 is 23.8 Å². The molecule has 1 N–H and O–H groups in total. The Labute approximate surface area is 199 Å². The molecule has 5 nitrogen and oxygen atoms in total. The summed E-state index contributed by atoms with van der Waals surface area (Å²) in [6.07, 6.45) is 2.68. The molecule has 2 aliphatic heterocycles. The molecule has 1 atom stereocenters. The number of benzene rings is 2. The molecule has 2 heterocycles. The number of hydrogen-bond donors (Lipinski definition) is 1. The Hall–Kier alpha value is -2.70. The summed E-state index contributed by atoms with van der Waals surface area (Å²) in [4.78, 5) is 29.6. The Bertz CT molecular complexity index is 1140. The molecule has 2 aliphatic rings. The normalized spacial score (nSPS) is 21.6. The van der Waals surface area contributed by atoms with Crippen molar-refractivity contribution in [3.63, 3.8) is 0 Å². The number of halogens is 1. The van der Waals surface area contributed by atoms with E-state index in [0.717, 1.165) is 18.5 Å². The molecule has 1 fully saturated rings. The predicted octanol–water partition coefficient (Wildman–Crippen LogP) is 5.28. The second-order valence-electron chi connectivity index (χ2n) is 8.91. The van der Waals surface area contributed by atoms with Crippen molar-refractivity contribution in [2.75, 3.05) is 16.3 Å². The topological polar surface area (TPSA) is 52.7 Å². The van der Waals surface area contributed by atoms with Gasteiger partial charge in [0.2, 0.25) is 0 Å². The van der Waals surface area contributed by atoms with Crippen LogP contribution in [-0.2, 0) is 9.59 Å². The van der Waals surface area contributed by atoms with E-state index in [4.69, 9.17) is 23.8 Å². The smallest absolute Gasteiger partial charge is 0.270 e. The maximum atomic E-state index is 13.2. The first kappa shape index (κ1) is 22.5. The molecule has 0 spiro atoms. The third kappa shape index (κ3) is 3.93. The Morgan fingerprint density at radius 1 is 1.19 bits per heavy atom. The zero-order valence-electron chi connectivity index (χ0n) is 18.6. The fourth-order valence-electron chi connectivity index (χ4n) is 4.85. The highest BCUT2D eigenvalue weighted by molar-refractivity contribution is 7.80. The minimum atomic E-state index is -0.493. The molecular formula is C25H26ClN3O2S. The summed E-state index contributed by atoms with van der Waals surface area (Å²) in [6, 6.07) is 12.9. The van der Waals surface area contributed by atoms with Gasteiger partial charge < -0.3 is 4.90 Å². The standard InChI is InChI=1S/C25H26ClN3O2S/c1-5-28-21-11-6-16(12-19(21)15(2)14-25(28,3)4)13-20-22(30)27-24(32)29(23(20)31)18-9-7-17(26)8-10-18/h6-13,15H,5,14H2,1-4H3,(H,27,30,32)/b20-13-. The summed E-state index contributed by atoms with van der Waals surface area (Å²) in [5.74, 6) is -0.578. The molecule has 0 saturated carbocycles. The van der Waals surface area contributed by atoms with E-state index >= 15 is 0 Å². The van der Waals surface area contributed by atoms with E-state index in [0.29, 0.717) is 16.6 Å². The predicted molar refractivity (Wildman–Crippen MR) is 134 cm³/mol. The van der Waals surface area contributed by atoms with Crippen molar-refractivity contribution in [2.45, 2.75) is 45.6 Å². The van der Waals surface area contributed by atoms with E-state index in [-0.39, 0.29) is 16.2 Å². The van der Waals surface area contributed by atoms with Crippen molar-refractivity contribution in [1.82, 2.24) is 5.32 Å². The number of amides is 2. The number of nitrogens with zero attached hydrogens (tertiary/aromatic N) is 2. The van der Waals surface area contributed by atoms with E-state index in [1.165, 1.54) is 16.2 Å². The summed E-state index contributed by atoms with van der Waals surface area (Å²) in [5.41, 5.74) is 3.93. The van der Waals surface area contributed by atoms with E-state index in [1.54, 1.807) is 30.3 Å². The van der Waals surface area contributed by atoms with Crippen molar-refractivity contribution in [1.29, 1.82) is 0 Å². The van der Waals surface area contributed by atoms with E-state index in [2.05, 4.69) is 50.0 Å². The first-order chi connectivity index (χ1) is 15.1. The van der Waals surface area contributed by atoms with Crippen LogP contribution in [-0.4, -0.2) is 29.0 Å². The molecule has 1 saturated heterocycles. The second kappa shape index (κ2) is 8.34. The third-order valence-corrected chi connectivity index (χ3v) is 6.76. The van der Waals surface area contributed by atoms with Crippen molar-refractivity contribution in [2.24, 2.45) is 0 Å². The minimum Gasteiger partial charge on any atom is -0.366 e. The zero-order valence-corrected chi connectivity index (χ0v) is 20.2. The number of fused-ring (bicyclic) bond motifs is 1. The van der Waals surface area contributed by atoms with Gasteiger partial charge in [-0.25, -0.2) is 0 Å². The molecule has 7 heteroatoms. The van der Waals surface area contributed by atoms with Gasteiger partial charge in [0.25, 0.3) is 11.8 Å². The molecule has 2 aromatic rings. The van der Waals surface area contributed by atoms with Crippen LogP contribution in [0.3, 0.4) is 0 Å². The second-order valence-corrected chi connectivity index (χ2v) is 9.74. The number of anilines is 2. The molecule has 32 heavy (non-hydrogen) atoms. The molecule has 0 radical (unpaired) electrons. The average Bonchev–Trinajstić information content (AvgIpc) is 2.72. The lowest BCUT2D eigenvalue weighted by Gasteiger charge is -2.47. The summed E-state index contributed by atoms with van der Waals surface area (Å²) in [7, 11) is 0. The summed E-state index contributed by atoms with van der Waals surface area (Å²) in [5, 5.41) is 3.24. The Morgan fingerprint density at radius 3 is 2.53 bits per heavy atom. The molecule has 4 rings (SSSR count). The molecule has 1 unspecified atom stereocenters. The lowest BCUT2D eigenvalue weighted by atomic mass is 9.79. The molecule has 0 aliphatic carbocycles. The molecule has 0 bridgehead atoms. The molecule has 2 amide bonds. The third-order valence-electron chi connectivity index (χ3n) is 6.22. The molecule has 2 aromatic carbocycles. The van der Waals surface area contributed by atoms with Crippen molar-refractivity contribution in [3.8, 4) is 0 Å². The highest BCUT2D eigenvalue weighted by atomic mass is 35.5. The highest BCUT2D eigenvalue weighted by Crippen LogP contribution is 2.43. The summed E-state index contributed by atoms with van der Waals surface area (Å²) >= 11 is 11.2. The zero-order chi connectivity index (χ0) is 23.2. The van der Waals surface area contributed by atoms with Crippen LogP contribution in [0.5, 0.6) is 0 Å². The minimum absolute atomic E-state index is 0.0460. The number of thiocarbonyl (C=S) groups is 1. The van der Waals surface area contributed by atoms with Crippen LogP contribution in [0.1, 0.15) is 51.2 Å². The molecule has 0 aromatic heterocycles. The maximum Gasteiger partial charge on any atom is 0.270 e. The van der Waals surface area contributed by atoms with Gasteiger partial charge in [-0.2, -0.15) is 0 Å². The number of carbonyl (C=O) groups excluding carboxylic acids is 2. The highest BCUT2D eigenvalue weighted by Gasteiger charge is 2.36. The largest absolute Gasteiger partial charge is 0.366 e. The average molecular weight is 468 g/mol. The van der Waals surface area contributed by atoms with Gasteiger partial charge in [0.15, 0.2) is 5.11 Å². The van der Waals surface area contributed by atoms with Gasteiger partial charge in [-0.1, -0.05) is 24.6 Å². The van der Waals surface area contributed by atoms with Gasteiger partial charge in [0.1, 0.15) is 5.57 Å². The quantitative estimate of drug-likeness (QED) is 0.379. The van der Waals surface area contributed by atoms with Gasteiger partial charge in [-0.3, -0.25) is 19.8 Å². The van der Waals surface area contributed by atoms with Gasteiger partial charge in [-0.15, -0.1) is 0 Å². The Balaban J connectivity index is 1.72. The number of hydrogen-bond acceptors (Lipinski definition) is 4. The lowest BCUT2D eigenvalue weighted by molar-refractivity contribution is -0.122. The number of nitrogens with one attached hydrogen (secondary N) is 1. The van der Waals surface area contributed by atoms with E-state index in [1.807, 2.05) is 6.07 Å². The van der Waals surface area contributed by atoms with Crippen molar-refractivity contribution >= 4 is 58.2 Å². The number of carbonyl (C=O) groups is 2. The first-order valence-electron chi connectivity index (χ1n) is 10.7. The maximum absolute atomic E-state index is 13.2. The van der Waals surface area contributed by atoms with Crippen LogP contribution < -0.4 is 15.1 Å². The van der Waals surface area contributed by atoms with Gasteiger partial charge in [0.05, 0.1) is 5.69 Å². The Kier molecular flexibility index (Phi) is 5.86. The molecule has 166 valence electrons. The van der Waals surface area contributed by atoms with Crippen LogP contribution in [0.2, 0.25) is 5.02 Å². The van der Waals surface area contributed by atoms with E-state index < -0.39 is 11.8 Å². The van der Waals surface area contributed by atoms with Gasteiger partial charge >= 0.3 is 0 Å². The number of rotatable bonds is 3. The van der Waals surface area contributed by atoms with Gasteiger partial charge in [-0.05, 0) is 98.9 Å². The first-order valence-corrected chi connectivity index (χ1v) is 11.5. The lowest BCUT2D eigenvalue weighted by Crippen LogP contribution is -2.54. The van der Waals surface area contributed by atoms with Crippen molar-refractivity contribution in [3.05, 3.63) is 64.2 Å². The summed E-state index contributed by atoms with van der Waals surface area (Å²) < 4.78 is 0. The van der Waals surface area contributed by atoms with Crippen LogP contribution in [0.4, 0.5) is 11.4 Å². The van der Waals surface area contributed by atoms with Crippen LogP contribution in [0, 0.1) is 0 Å². The summed E-state index contributed by atoms with van der Waals surface area (Å²) in [6.45, 7) is 9.85. The fourth-order valence-corrected chi connectivity index (χ4v) is 5.25. The van der Waals surface area contributed by atoms with E-state index in [9.17, 15) is 9.59 Å². The van der Waals surface area contributed by atoms with Crippen LogP contribution in [0.15, 0.2) is 48.0 Å². The SMILES string of the molecule is CCN1c2ccc(/C=C3/C(=O)NC(=S)N(c4ccc(Cl)cc4)C3=O)cc2C(C)CC1(C)C.